The highest BCUT2D eigenvalue weighted by molar-refractivity contribution is 7.89. The number of carbonyl (C=O) groups is 1. The third-order valence-corrected chi connectivity index (χ3v) is 7.80. The summed E-state index contributed by atoms with van der Waals surface area (Å²) in [6.07, 6.45) is 1.87. The van der Waals surface area contributed by atoms with Crippen LogP contribution in [0.2, 0.25) is 0 Å². The van der Waals surface area contributed by atoms with Crippen molar-refractivity contribution in [1.29, 1.82) is 0 Å². The molecule has 0 saturated carbocycles. The molecule has 0 aromatic heterocycles. The summed E-state index contributed by atoms with van der Waals surface area (Å²) in [6, 6.07) is 14.7. The Hall–Kier alpha value is -2.18. The first-order chi connectivity index (χ1) is 13.8. The van der Waals surface area contributed by atoms with Crippen LogP contribution in [0.3, 0.4) is 0 Å². The smallest absolute Gasteiger partial charge is 0.254 e. The van der Waals surface area contributed by atoms with Crippen molar-refractivity contribution in [2.75, 3.05) is 19.6 Å². The van der Waals surface area contributed by atoms with Gasteiger partial charge in [-0.3, -0.25) is 4.79 Å². The minimum absolute atomic E-state index is 0.114. The molecule has 154 valence electrons. The van der Waals surface area contributed by atoms with E-state index in [2.05, 4.69) is 19.9 Å². The van der Waals surface area contributed by atoms with E-state index in [4.69, 9.17) is 0 Å². The van der Waals surface area contributed by atoms with Crippen LogP contribution in [-0.4, -0.2) is 43.2 Å². The largest absolute Gasteiger partial charge is 0.334 e. The van der Waals surface area contributed by atoms with Gasteiger partial charge in [0.2, 0.25) is 10.0 Å². The van der Waals surface area contributed by atoms with Gasteiger partial charge in [0.25, 0.3) is 5.91 Å². The van der Waals surface area contributed by atoms with Crippen molar-refractivity contribution in [2.45, 2.75) is 38.1 Å². The zero-order valence-electron chi connectivity index (χ0n) is 17.0. The Labute approximate surface area is 173 Å². The van der Waals surface area contributed by atoms with Crippen molar-refractivity contribution in [2.24, 2.45) is 11.8 Å². The van der Waals surface area contributed by atoms with Crippen LogP contribution in [0, 0.1) is 11.8 Å². The van der Waals surface area contributed by atoms with Gasteiger partial charge in [-0.1, -0.05) is 44.2 Å². The van der Waals surface area contributed by atoms with E-state index in [1.54, 1.807) is 33.5 Å². The fourth-order valence-electron chi connectivity index (χ4n) is 4.59. The number of hydrogen-bond donors (Lipinski definition) is 0. The summed E-state index contributed by atoms with van der Waals surface area (Å²) in [5, 5.41) is 0. The fraction of sp³-hybridized carbons (Fsp3) is 0.435. The van der Waals surface area contributed by atoms with Crippen LogP contribution >= 0.6 is 0 Å². The van der Waals surface area contributed by atoms with Gasteiger partial charge < -0.3 is 4.90 Å². The Morgan fingerprint density at radius 1 is 0.966 bits per heavy atom. The maximum Gasteiger partial charge on any atom is 0.254 e. The van der Waals surface area contributed by atoms with Crippen LogP contribution in [0.15, 0.2) is 53.4 Å². The number of carbonyl (C=O) groups excluding carboxylic acids is 1. The number of amides is 1. The number of rotatable bonds is 3. The Kier molecular flexibility index (Phi) is 5.49. The van der Waals surface area contributed by atoms with Crippen LogP contribution in [0.1, 0.15) is 41.8 Å². The van der Waals surface area contributed by atoms with Crippen LogP contribution in [-0.2, 0) is 23.0 Å². The molecule has 0 spiro atoms. The van der Waals surface area contributed by atoms with Crippen molar-refractivity contribution >= 4 is 15.9 Å². The van der Waals surface area contributed by atoms with Crippen LogP contribution in [0.4, 0.5) is 0 Å². The lowest BCUT2D eigenvalue weighted by Crippen LogP contribution is -2.42. The van der Waals surface area contributed by atoms with E-state index in [1.807, 2.05) is 18.2 Å². The summed E-state index contributed by atoms with van der Waals surface area (Å²) < 4.78 is 28.0. The summed E-state index contributed by atoms with van der Waals surface area (Å²) in [4.78, 5) is 15.1. The minimum atomic E-state index is -3.60. The van der Waals surface area contributed by atoms with Gasteiger partial charge in [0.1, 0.15) is 0 Å². The minimum Gasteiger partial charge on any atom is -0.334 e. The van der Waals surface area contributed by atoms with E-state index < -0.39 is 10.0 Å². The zero-order chi connectivity index (χ0) is 20.6. The first-order valence-electron chi connectivity index (χ1n) is 10.3. The van der Waals surface area contributed by atoms with E-state index in [1.165, 1.54) is 5.56 Å². The molecule has 2 aliphatic heterocycles. The number of nitrogens with zero attached hydrogens (tertiary/aromatic N) is 2. The molecule has 2 heterocycles. The molecule has 2 aromatic rings. The first kappa shape index (κ1) is 20.1. The topological polar surface area (TPSA) is 57.7 Å². The second-order valence-electron chi connectivity index (χ2n) is 8.54. The quantitative estimate of drug-likeness (QED) is 0.775. The first-order valence-corrected chi connectivity index (χ1v) is 11.7. The molecule has 6 heteroatoms. The molecular weight excluding hydrogens is 384 g/mol. The maximum absolute atomic E-state index is 13.2. The van der Waals surface area contributed by atoms with Crippen molar-refractivity contribution in [3.8, 4) is 0 Å². The normalized spacial score (nSPS) is 22.9. The molecule has 2 aromatic carbocycles. The summed E-state index contributed by atoms with van der Waals surface area (Å²) >= 11 is 0. The summed E-state index contributed by atoms with van der Waals surface area (Å²) in [7, 11) is -3.60. The molecule has 1 saturated heterocycles. The lowest BCUT2D eigenvalue weighted by molar-refractivity contribution is 0.0734. The molecule has 0 bridgehead atoms. The zero-order valence-corrected chi connectivity index (χ0v) is 17.9. The van der Waals surface area contributed by atoms with Gasteiger partial charge >= 0.3 is 0 Å². The van der Waals surface area contributed by atoms with Gasteiger partial charge in [-0.2, -0.15) is 4.31 Å². The predicted octanol–water partition coefficient (Wildman–Crippen LogP) is 3.55. The Morgan fingerprint density at radius 3 is 2.38 bits per heavy atom. The highest BCUT2D eigenvalue weighted by atomic mass is 32.2. The number of fused-ring (bicyclic) bond motifs is 1. The second kappa shape index (κ2) is 7.92. The molecule has 5 nitrogen and oxygen atoms in total. The second-order valence-corrected chi connectivity index (χ2v) is 10.5. The summed E-state index contributed by atoms with van der Waals surface area (Å²) in [6.45, 7) is 6.46. The van der Waals surface area contributed by atoms with Crippen molar-refractivity contribution in [3.63, 3.8) is 0 Å². The third-order valence-electron chi connectivity index (χ3n) is 5.97. The van der Waals surface area contributed by atoms with E-state index in [9.17, 15) is 13.2 Å². The predicted molar refractivity (Wildman–Crippen MR) is 113 cm³/mol. The Balaban J connectivity index is 1.56. The van der Waals surface area contributed by atoms with Gasteiger partial charge in [0, 0.05) is 31.7 Å². The van der Waals surface area contributed by atoms with Crippen LogP contribution in [0.5, 0.6) is 0 Å². The van der Waals surface area contributed by atoms with Crippen molar-refractivity contribution < 1.29 is 13.2 Å². The molecular formula is C23H28N2O3S. The molecule has 2 aliphatic rings. The van der Waals surface area contributed by atoms with Crippen LogP contribution in [0.25, 0.3) is 0 Å². The van der Waals surface area contributed by atoms with E-state index in [0.29, 0.717) is 43.6 Å². The number of sulfonamides is 1. The SMILES string of the molecule is CC1CC(C)CN(S(=O)(=O)c2cccc(C(=O)N3CCc4ccccc4C3)c2)C1. The van der Waals surface area contributed by atoms with Crippen molar-refractivity contribution in [3.05, 3.63) is 65.2 Å². The van der Waals surface area contributed by atoms with E-state index in [-0.39, 0.29) is 10.8 Å². The average molecular weight is 413 g/mol. The molecule has 2 unspecified atom stereocenters. The number of benzene rings is 2. The maximum atomic E-state index is 13.2. The summed E-state index contributed by atoms with van der Waals surface area (Å²) in [5.41, 5.74) is 2.87. The van der Waals surface area contributed by atoms with Gasteiger partial charge in [-0.25, -0.2) is 8.42 Å². The number of hydrogen-bond acceptors (Lipinski definition) is 3. The lowest BCUT2D eigenvalue weighted by Gasteiger charge is -2.34. The monoisotopic (exact) mass is 412 g/mol. The molecule has 1 fully saturated rings. The molecule has 0 N–H and O–H groups in total. The highest BCUT2D eigenvalue weighted by Gasteiger charge is 2.32. The third kappa shape index (κ3) is 4.09. The lowest BCUT2D eigenvalue weighted by atomic mass is 9.94. The van der Waals surface area contributed by atoms with Crippen LogP contribution < -0.4 is 0 Å². The Bertz CT molecular complexity index is 1010. The van der Waals surface area contributed by atoms with Gasteiger partial charge in [0.05, 0.1) is 4.90 Å². The molecule has 0 radical (unpaired) electrons. The molecule has 29 heavy (non-hydrogen) atoms. The highest BCUT2D eigenvalue weighted by Crippen LogP contribution is 2.27. The number of piperidine rings is 1. The molecule has 1 amide bonds. The van der Waals surface area contributed by atoms with Gasteiger partial charge in [-0.15, -0.1) is 0 Å². The van der Waals surface area contributed by atoms with Gasteiger partial charge in [0.15, 0.2) is 0 Å². The van der Waals surface area contributed by atoms with Crippen molar-refractivity contribution in [1.82, 2.24) is 9.21 Å². The average Bonchev–Trinajstić information content (AvgIpc) is 2.72. The van der Waals surface area contributed by atoms with E-state index >= 15 is 0 Å². The standard InChI is InChI=1S/C23H28N2O3S/c1-17-12-18(2)15-25(14-17)29(27,28)22-9-5-8-20(13-22)23(26)24-11-10-19-6-3-4-7-21(19)16-24/h3-9,13,17-18H,10-12,14-16H2,1-2H3. The van der Waals surface area contributed by atoms with E-state index in [0.717, 1.165) is 18.4 Å². The Morgan fingerprint density at radius 2 is 1.66 bits per heavy atom. The van der Waals surface area contributed by atoms with Gasteiger partial charge in [-0.05, 0) is 54.0 Å². The fourth-order valence-corrected chi connectivity index (χ4v) is 6.32. The molecule has 4 rings (SSSR count). The molecule has 2 atom stereocenters. The molecule has 0 aliphatic carbocycles. The summed E-state index contributed by atoms with van der Waals surface area (Å²) in [5.74, 6) is 0.565.